The molecule has 0 aliphatic carbocycles. The van der Waals surface area contributed by atoms with E-state index in [1.165, 1.54) is 0 Å². The van der Waals surface area contributed by atoms with Gasteiger partial charge in [0.15, 0.2) is 0 Å². The number of benzene rings is 1. The van der Waals surface area contributed by atoms with E-state index in [1.54, 1.807) is 12.4 Å². The van der Waals surface area contributed by atoms with Crippen LogP contribution in [-0.4, -0.2) is 52.4 Å². The fourth-order valence-corrected chi connectivity index (χ4v) is 3.85. The highest BCUT2D eigenvalue weighted by Crippen LogP contribution is 2.17. The number of carbonyl (C=O) groups is 2. The molecule has 2 aromatic rings. The molecule has 0 unspecified atom stereocenters. The van der Waals surface area contributed by atoms with Gasteiger partial charge in [0, 0.05) is 56.6 Å². The lowest BCUT2D eigenvalue weighted by Gasteiger charge is -2.32. The van der Waals surface area contributed by atoms with Crippen LogP contribution in [0, 0.1) is 0 Å². The number of anilines is 1. The van der Waals surface area contributed by atoms with E-state index in [2.05, 4.69) is 20.2 Å². The van der Waals surface area contributed by atoms with E-state index in [0.717, 1.165) is 50.4 Å². The molecule has 0 spiro atoms. The van der Waals surface area contributed by atoms with Crippen molar-refractivity contribution in [1.29, 1.82) is 0 Å². The summed E-state index contributed by atoms with van der Waals surface area (Å²) in [7, 11) is 0. The van der Waals surface area contributed by atoms with Crippen LogP contribution in [0.4, 0.5) is 5.95 Å². The maximum Gasteiger partial charge on any atom is 0.251 e. The Labute approximate surface area is 164 Å². The molecule has 0 bridgehead atoms. The summed E-state index contributed by atoms with van der Waals surface area (Å²) in [6, 6.07) is 9.55. The Morgan fingerprint density at radius 1 is 1.11 bits per heavy atom. The predicted octanol–water partition coefficient (Wildman–Crippen LogP) is 2.00. The van der Waals surface area contributed by atoms with Crippen LogP contribution in [0.3, 0.4) is 0 Å². The summed E-state index contributed by atoms with van der Waals surface area (Å²) in [4.78, 5) is 37.1. The first-order valence-electron chi connectivity index (χ1n) is 9.88. The Hall–Kier alpha value is -2.96. The maximum atomic E-state index is 12.7. The van der Waals surface area contributed by atoms with Gasteiger partial charge >= 0.3 is 0 Å². The first-order valence-corrected chi connectivity index (χ1v) is 9.88. The van der Waals surface area contributed by atoms with Gasteiger partial charge in [-0.3, -0.25) is 9.59 Å². The fourth-order valence-electron chi connectivity index (χ4n) is 3.85. The lowest BCUT2D eigenvalue weighted by Crippen LogP contribution is -2.45. The highest BCUT2D eigenvalue weighted by atomic mass is 16.2. The summed E-state index contributed by atoms with van der Waals surface area (Å²) in [6.45, 7) is 3.03. The highest BCUT2D eigenvalue weighted by molar-refractivity contribution is 5.94. The molecule has 2 saturated heterocycles. The van der Waals surface area contributed by atoms with Crippen LogP contribution in [-0.2, 0) is 11.3 Å². The van der Waals surface area contributed by atoms with Gasteiger partial charge in [-0.25, -0.2) is 9.97 Å². The Balaban J connectivity index is 1.32. The van der Waals surface area contributed by atoms with Gasteiger partial charge in [0.2, 0.25) is 11.9 Å². The maximum absolute atomic E-state index is 12.7. The Morgan fingerprint density at radius 2 is 1.89 bits per heavy atom. The van der Waals surface area contributed by atoms with E-state index >= 15 is 0 Å². The minimum Gasteiger partial charge on any atom is -0.349 e. The number of amides is 2. The van der Waals surface area contributed by atoms with Crippen molar-refractivity contribution >= 4 is 17.8 Å². The second-order valence-corrected chi connectivity index (χ2v) is 7.40. The van der Waals surface area contributed by atoms with Crippen LogP contribution in [0.5, 0.6) is 0 Å². The zero-order valence-electron chi connectivity index (χ0n) is 15.9. The molecule has 1 N–H and O–H groups in total. The van der Waals surface area contributed by atoms with Crippen molar-refractivity contribution < 1.29 is 9.59 Å². The zero-order valence-corrected chi connectivity index (χ0v) is 15.9. The van der Waals surface area contributed by atoms with Crippen molar-refractivity contribution in [3.63, 3.8) is 0 Å². The lowest BCUT2D eigenvalue weighted by atomic mass is 10.0. The molecule has 0 radical (unpaired) electrons. The second kappa shape index (κ2) is 8.37. The number of hydrogen-bond donors (Lipinski definition) is 1. The average molecular weight is 379 g/mol. The Morgan fingerprint density at radius 3 is 2.61 bits per heavy atom. The van der Waals surface area contributed by atoms with Crippen molar-refractivity contribution in [1.82, 2.24) is 20.2 Å². The summed E-state index contributed by atoms with van der Waals surface area (Å²) < 4.78 is 0. The van der Waals surface area contributed by atoms with Gasteiger partial charge < -0.3 is 15.1 Å². The van der Waals surface area contributed by atoms with Crippen molar-refractivity contribution in [2.24, 2.45) is 0 Å². The van der Waals surface area contributed by atoms with Crippen molar-refractivity contribution in [2.75, 3.05) is 24.5 Å². The number of aromatic nitrogens is 2. The summed E-state index contributed by atoms with van der Waals surface area (Å²) in [6.07, 6.45) is 6.79. The predicted molar refractivity (Wildman–Crippen MR) is 106 cm³/mol. The fraction of sp³-hybridized carbons (Fsp3) is 0.429. The molecule has 4 rings (SSSR count). The Kier molecular flexibility index (Phi) is 5.50. The van der Waals surface area contributed by atoms with E-state index in [4.69, 9.17) is 0 Å². The summed E-state index contributed by atoms with van der Waals surface area (Å²) >= 11 is 0. The second-order valence-electron chi connectivity index (χ2n) is 7.40. The van der Waals surface area contributed by atoms with E-state index in [-0.39, 0.29) is 17.9 Å². The number of rotatable bonds is 5. The molecule has 2 amide bonds. The van der Waals surface area contributed by atoms with Crippen LogP contribution in [0.25, 0.3) is 0 Å². The molecule has 1 aromatic carbocycles. The molecule has 2 aliphatic heterocycles. The Bertz CT molecular complexity index is 834. The molecule has 2 fully saturated rings. The van der Waals surface area contributed by atoms with Crippen LogP contribution in [0.2, 0.25) is 0 Å². The number of carbonyl (C=O) groups excluding carboxylic acids is 2. The number of piperidine rings is 1. The first-order chi connectivity index (χ1) is 13.7. The average Bonchev–Trinajstić information content (AvgIpc) is 3.14. The standard InChI is InChI=1S/C21H25N5O2/c27-19-6-2-11-26(19)15-16-4-1-5-17(14-16)20(28)24-18-7-12-25(13-8-18)21-22-9-3-10-23-21/h1,3-5,9-10,14,18H,2,6-8,11-13,15H2,(H,24,28). The molecule has 7 nitrogen and oxygen atoms in total. The summed E-state index contributed by atoms with van der Waals surface area (Å²) in [5.74, 6) is 0.893. The lowest BCUT2D eigenvalue weighted by molar-refractivity contribution is -0.128. The molecular weight excluding hydrogens is 354 g/mol. The zero-order chi connectivity index (χ0) is 19.3. The van der Waals surface area contributed by atoms with Gasteiger partial charge in [0.1, 0.15) is 0 Å². The van der Waals surface area contributed by atoms with Crippen molar-refractivity contribution in [3.8, 4) is 0 Å². The summed E-state index contributed by atoms with van der Waals surface area (Å²) in [5, 5.41) is 3.15. The molecular formula is C21H25N5O2. The monoisotopic (exact) mass is 379 g/mol. The van der Waals surface area contributed by atoms with E-state index in [1.807, 2.05) is 35.2 Å². The number of nitrogens with one attached hydrogen (secondary N) is 1. The van der Waals surface area contributed by atoms with Crippen LogP contribution >= 0.6 is 0 Å². The normalized spacial score (nSPS) is 17.8. The van der Waals surface area contributed by atoms with Gasteiger partial charge in [0.05, 0.1) is 0 Å². The van der Waals surface area contributed by atoms with Gasteiger partial charge in [-0.2, -0.15) is 0 Å². The molecule has 28 heavy (non-hydrogen) atoms. The third kappa shape index (κ3) is 4.30. The minimum absolute atomic E-state index is 0.0518. The molecule has 0 atom stereocenters. The third-order valence-electron chi connectivity index (χ3n) is 5.40. The SMILES string of the molecule is O=C(NC1CCN(c2ncccn2)CC1)c1cccc(CN2CCCC2=O)c1. The van der Waals surface area contributed by atoms with E-state index in [0.29, 0.717) is 18.5 Å². The molecule has 146 valence electrons. The van der Waals surface area contributed by atoms with Gasteiger partial charge in [-0.15, -0.1) is 0 Å². The molecule has 3 heterocycles. The van der Waals surface area contributed by atoms with Gasteiger partial charge in [0.25, 0.3) is 5.91 Å². The minimum atomic E-state index is -0.0518. The van der Waals surface area contributed by atoms with E-state index in [9.17, 15) is 9.59 Å². The van der Waals surface area contributed by atoms with Crippen LogP contribution in [0.1, 0.15) is 41.6 Å². The molecule has 2 aliphatic rings. The van der Waals surface area contributed by atoms with Gasteiger partial charge in [-0.05, 0) is 43.0 Å². The number of nitrogens with zero attached hydrogens (tertiary/aromatic N) is 4. The largest absolute Gasteiger partial charge is 0.349 e. The number of hydrogen-bond acceptors (Lipinski definition) is 5. The summed E-state index contributed by atoms with van der Waals surface area (Å²) in [5.41, 5.74) is 1.65. The van der Waals surface area contributed by atoms with Crippen molar-refractivity contribution in [2.45, 2.75) is 38.3 Å². The topological polar surface area (TPSA) is 78.4 Å². The molecule has 0 saturated carbocycles. The highest BCUT2D eigenvalue weighted by Gasteiger charge is 2.23. The van der Waals surface area contributed by atoms with Crippen LogP contribution < -0.4 is 10.2 Å². The van der Waals surface area contributed by atoms with Gasteiger partial charge in [-0.1, -0.05) is 12.1 Å². The molecule has 7 heteroatoms. The quantitative estimate of drug-likeness (QED) is 0.860. The first kappa shape index (κ1) is 18.4. The third-order valence-corrected chi connectivity index (χ3v) is 5.40. The molecule has 1 aromatic heterocycles. The smallest absolute Gasteiger partial charge is 0.251 e. The van der Waals surface area contributed by atoms with Crippen molar-refractivity contribution in [3.05, 3.63) is 53.9 Å². The van der Waals surface area contributed by atoms with Crippen LogP contribution in [0.15, 0.2) is 42.7 Å². The van der Waals surface area contributed by atoms with E-state index < -0.39 is 0 Å². The number of likely N-dealkylation sites (tertiary alicyclic amines) is 1.